The molecule has 0 saturated carbocycles. The largest absolute Gasteiger partial charge is 0.506 e. The summed E-state index contributed by atoms with van der Waals surface area (Å²) in [5.41, 5.74) is 6.01. The van der Waals surface area contributed by atoms with E-state index < -0.39 is 44.4 Å². The van der Waals surface area contributed by atoms with Crippen LogP contribution in [0.25, 0.3) is 10.8 Å². The maximum absolute atomic E-state index is 12.1. The second-order valence-corrected chi connectivity index (χ2v) is 12.7. The molecule has 5 aromatic rings. The molecule has 0 aliphatic carbocycles. The summed E-state index contributed by atoms with van der Waals surface area (Å²) >= 11 is 0. The molecule has 0 fully saturated rings. The molecule has 287 valence electrons. The second-order valence-electron chi connectivity index (χ2n) is 11.3. The number of hydrogen-bond donors (Lipinski definition) is 7. The average Bonchev–Trinajstić information content (AvgIpc) is 3.10. The molecule has 0 saturated heterocycles. The first-order chi connectivity index (χ1) is 25.5. The van der Waals surface area contributed by atoms with Gasteiger partial charge in [0.2, 0.25) is 5.91 Å². The number of nitrogen functional groups attached to an aromatic ring is 1. The van der Waals surface area contributed by atoms with E-state index in [1.165, 1.54) is 50.4 Å². The normalized spacial score (nSPS) is 11.6. The van der Waals surface area contributed by atoms with Gasteiger partial charge in [-0.25, -0.2) is 9.59 Å². The van der Waals surface area contributed by atoms with Gasteiger partial charge in [0.05, 0.1) is 40.7 Å². The molecular weight excluding hydrogens is 792 g/mol. The standard InChI is InChI=1S/C34H28N8O11S.Cu/c1-15-8-27(29(53-3)14-23(15)39-37-19-10-17(33(46)47)9-18(11-19)34(48)49)42-40-25-13-28(44)26(12-24(25)36-16(2)43)41-38-22-6-4-20-30(54(50,51)52)7-5-21(35)31(20)32(22)45;/h4-14,44-45H,35H2,1-3H3,(H,36,43)(H,46,47)(H,48,49)(H,50,51,52);. The number of anilines is 2. The summed E-state index contributed by atoms with van der Waals surface area (Å²) in [7, 11) is -3.30. The van der Waals surface area contributed by atoms with E-state index in [4.69, 9.17) is 10.5 Å². The van der Waals surface area contributed by atoms with Crippen LogP contribution in [0.3, 0.4) is 0 Å². The number of benzene rings is 5. The number of carboxylic acids is 2. The van der Waals surface area contributed by atoms with Gasteiger partial charge in [-0.2, -0.15) is 18.6 Å². The summed E-state index contributed by atoms with van der Waals surface area (Å²) < 4.78 is 38.7. The molecule has 8 N–H and O–H groups in total. The number of aryl methyl sites for hydroxylation is 1. The number of azo groups is 3. The number of hydrogen-bond acceptors (Lipinski definition) is 15. The van der Waals surface area contributed by atoms with Crippen LogP contribution in [0.2, 0.25) is 0 Å². The molecule has 1 amide bonds. The van der Waals surface area contributed by atoms with Crippen molar-refractivity contribution in [1.82, 2.24) is 0 Å². The van der Waals surface area contributed by atoms with Gasteiger partial charge in [0.25, 0.3) is 10.1 Å². The topological polar surface area (TPSA) is 308 Å². The molecular formula is C34H28CuN8O11S. The van der Waals surface area contributed by atoms with Crippen LogP contribution in [0.5, 0.6) is 17.2 Å². The minimum absolute atomic E-state index is 0. The molecule has 0 heterocycles. The third kappa shape index (κ3) is 9.23. The van der Waals surface area contributed by atoms with E-state index in [2.05, 4.69) is 36.0 Å². The number of carbonyl (C=O) groups is 3. The average molecular weight is 820 g/mol. The Balaban J connectivity index is 0.00000673. The van der Waals surface area contributed by atoms with Crippen LogP contribution in [0.4, 0.5) is 45.5 Å². The third-order valence-corrected chi connectivity index (χ3v) is 8.43. The molecule has 0 aliphatic heterocycles. The fourth-order valence-corrected chi connectivity index (χ4v) is 5.68. The van der Waals surface area contributed by atoms with Gasteiger partial charge in [-0.3, -0.25) is 9.35 Å². The van der Waals surface area contributed by atoms with Crippen molar-refractivity contribution in [3.8, 4) is 17.2 Å². The third-order valence-electron chi connectivity index (χ3n) is 7.52. The molecule has 55 heavy (non-hydrogen) atoms. The number of rotatable bonds is 11. The molecule has 1 radical (unpaired) electrons. The van der Waals surface area contributed by atoms with Gasteiger partial charge in [-0.05, 0) is 61.0 Å². The SMILES string of the molecule is COc1cc(N=Nc2cc(C(=O)O)cc(C(=O)O)c2)c(C)cc1N=Nc1cc(O)c(N=Nc2ccc3c(S(=O)(=O)O)ccc(N)c3c2O)cc1NC(C)=O.[Cu]. The Morgan fingerprint density at radius 2 is 1.35 bits per heavy atom. The van der Waals surface area contributed by atoms with Gasteiger partial charge in [-0.15, -0.1) is 20.5 Å². The number of aromatic carboxylic acids is 2. The van der Waals surface area contributed by atoms with Crippen molar-refractivity contribution in [3.63, 3.8) is 0 Å². The van der Waals surface area contributed by atoms with Crippen molar-refractivity contribution in [3.05, 3.63) is 83.4 Å². The van der Waals surface area contributed by atoms with E-state index in [9.17, 15) is 47.8 Å². The minimum atomic E-state index is -4.66. The number of methoxy groups -OCH3 is 1. The van der Waals surface area contributed by atoms with Gasteiger partial charge in [0, 0.05) is 47.2 Å². The summed E-state index contributed by atoms with van der Waals surface area (Å²) in [5.74, 6) is -4.05. The maximum Gasteiger partial charge on any atom is 0.335 e. The van der Waals surface area contributed by atoms with Crippen molar-refractivity contribution < 1.29 is 69.6 Å². The minimum Gasteiger partial charge on any atom is -0.506 e. The van der Waals surface area contributed by atoms with Crippen molar-refractivity contribution >= 4 is 84.2 Å². The number of phenolic OH excluding ortho intramolecular Hbond substituents is 2. The van der Waals surface area contributed by atoms with E-state index in [1.807, 2.05) is 0 Å². The predicted molar refractivity (Wildman–Crippen MR) is 193 cm³/mol. The Morgan fingerprint density at radius 3 is 1.95 bits per heavy atom. The number of carboxylic acid groups (broad SMARTS) is 2. The smallest absolute Gasteiger partial charge is 0.335 e. The van der Waals surface area contributed by atoms with Crippen LogP contribution in [-0.4, -0.2) is 58.4 Å². The number of nitrogens with zero attached hydrogens (tertiary/aromatic N) is 6. The van der Waals surface area contributed by atoms with Crippen molar-refractivity contribution in [1.29, 1.82) is 0 Å². The first-order valence-corrected chi connectivity index (χ1v) is 16.6. The number of amides is 1. The second kappa shape index (κ2) is 16.5. The summed E-state index contributed by atoms with van der Waals surface area (Å²) in [6, 6.07) is 13.4. The molecule has 0 aromatic heterocycles. The van der Waals surface area contributed by atoms with Crippen LogP contribution in [-0.2, 0) is 32.0 Å². The van der Waals surface area contributed by atoms with Crippen LogP contribution in [0.1, 0.15) is 33.2 Å². The number of nitrogens with one attached hydrogen (secondary N) is 1. The molecule has 0 atom stereocenters. The van der Waals surface area contributed by atoms with Crippen LogP contribution < -0.4 is 15.8 Å². The van der Waals surface area contributed by atoms with Gasteiger partial charge in [0.1, 0.15) is 39.1 Å². The molecule has 21 heteroatoms. The fraction of sp³-hybridized carbons (Fsp3) is 0.0882. The van der Waals surface area contributed by atoms with Crippen LogP contribution in [0.15, 0.2) is 102 Å². The quantitative estimate of drug-likeness (QED) is 0.0219. The van der Waals surface area contributed by atoms with Crippen molar-refractivity contribution in [2.24, 2.45) is 30.7 Å². The molecule has 0 aliphatic rings. The van der Waals surface area contributed by atoms with E-state index in [0.29, 0.717) is 5.56 Å². The fourth-order valence-electron chi connectivity index (χ4n) is 4.99. The van der Waals surface area contributed by atoms with Gasteiger partial charge in [-0.1, -0.05) is 6.07 Å². The molecule has 19 nitrogen and oxygen atoms in total. The summed E-state index contributed by atoms with van der Waals surface area (Å²) in [6.45, 7) is 2.89. The Kier molecular flexibility index (Phi) is 12.3. The maximum atomic E-state index is 12.1. The van der Waals surface area contributed by atoms with Gasteiger partial charge >= 0.3 is 11.9 Å². The summed E-state index contributed by atoms with van der Waals surface area (Å²) in [4.78, 5) is 34.5. The summed E-state index contributed by atoms with van der Waals surface area (Å²) in [5, 5.41) is 67.1. The Morgan fingerprint density at radius 1 is 0.745 bits per heavy atom. The predicted octanol–water partition coefficient (Wildman–Crippen LogP) is 8.00. The zero-order chi connectivity index (χ0) is 39.5. The zero-order valence-electron chi connectivity index (χ0n) is 28.5. The van der Waals surface area contributed by atoms with E-state index in [1.54, 1.807) is 6.92 Å². The van der Waals surface area contributed by atoms with Crippen LogP contribution in [0, 0.1) is 6.92 Å². The first kappa shape index (κ1) is 41.0. The monoisotopic (exact) mass is 819 g/mol. The van der Waals surface area contributed by atoms with Gasteiger partial charge < -0.3 is 36.2 Å². The molecule has 5 rings (SSSR count). The van der Waals surface area contributed by atoms with E-state index >= 15 is 0 Å². The Hall–Kier alpha value is -6.80. The van der Waals surface area contributed by atoms with Crippen LogP contribution >= 0.6 is 0 Å². The Labute approximate surface area is 321 Å². The van der Waals surface area contributed by atoms with Crippen molar-refractivity contribution in [2.45, 2.75) is 18.7 Å². The Bertz CT molecular complexity index is 2560. The number of ether oxygens (including phenoxy) is 1. The number of carbonyl (C=O) groups excluding carboxylic acids is 1. The molecule has 0 spiro atoms. The molecule has 0 bridgehead atoms. The molecule has 5 aromatic carbocycles. The summed E-state index contributed by atoms with van der Waals surface area (Å²) in [6.07, 6.45) is 0. The molecule has 0 unspecified atom stereocenters. The van der Waals surface area contributed by atoms with Crippen molar-refractivity contribution in [2.75, 3.05) is 18.2 Å². The van der Waals surface area contributed by atoms with E-state index in [0.717, 1.165) is 30.3 Å². The number of fused-ring (bicyclic) bond motifs is 1. The van der Waals surface area contributed by atoms with Gasteiger partial charge in [0.15, 0.2) is 5.75 Å². The number of aromatic hydroxyl groups is 2. The zero-order valence-corrected chi connectivity index (χ0v) is 30.3. The number of nitrogens with two attached hydrogens (primary N) is 1. The number of phenols is 2. The van der Waals surface area contributed by atoms with E-state index in [-0.39, 0.29) is 90.2 Å². The first-order valence-electron chi connectivity index (χ1n) is 15.2.